The molecule has 0 aromatic heterocycles. The van der Waals surface area contributed by atoms with Crippen LogP contribution >= 0.6 is 11.6 Å². The quantitative estimate of drug-likeness (QED) is 0.590. The Hall–Kier alpha value is -3.10. The maximum Gasteiger partial charge on any atom is 0.325 e. The number of ether oxygens (including phenoxy) is 1. The van der Waals surface area contributed by atoms with Crippen molar-refractivity contribution in [1.82, 2.24) is 15.1 Å². The highest BCUT2D eigenvalue weighted by atomic mass is 35.5. The molecule has 0 radical (unpaired) electrons. The molecule has 35 heavy (non-hydrogen) atoms. The first-order valence-corrected chi connectivity index (χ1v) is 12.1. The number of nitrogens with zero attached hydrogens (tertiary/aromatic N) is 3. The van der Waals surface area contributed by atoms with Gasteiger partial charge in [0.2, 0.25) is 5.91 Å². The number of benzene rings is 2. The molecular formula is C26H31ClN4O4. The zero-order chi connectivity index (χ0) is 25.0. The van der Waals surface area contributed by atoms with Gasteiger partial charge in [-0.2, -0.15) is 0 Å². The molecule has 2 amide bonds. The molecule has 1 atom stereocenters. The van der Waals surface area contributed by atoms with Crippen LogP contribution in [-0.4, -0.2) is 79.6 Å². The number of halogens is 1. The summed E-state index contributed by atoms with van der Waals surface area (Å²) in [5.74, 6) is -0.527. The van der Waals surface area contributed by atoms with Crippen molar-refractivity contribution in [3.63, 3.8) is 0 Å². The fourth-order valence-corrected chi connectivity index (χ4v) is 5.16. The zero-order valence-electron chi connectivity index (χ0n) is 20.1. The second-order valence-corrected chi connectivity index (χ2v) is 9.45. The van der Waals surface area contributed by atoms with Crippen LogP contribution in [0.3, 0.4) is 0 Å². The molecule has 2 fully saturated rings. The predicted molar refractivity (Wildman–Crippen MR) is 134 cm³/mol. The molecule has 4 rings (SSSR count). The Morgan fingerprint density at radius 2 is 1.74 bits per heavy atom. The van der Waals surface area contributed by atoms with Gasteiger partial charge in [-0.3, -0.25) is 14.4 Å². The Morgan fingerprint density at radius 3 is 2.34 bits per heavy atom. The molecule has 2 aromatic carbocycles. The van der Waals surface area contributed by atoms with Gasteiger partial charge in [-0.05, 0) is 56.1 Å². The van der Waals surface area contributed by atoms with Crippen LogP contribution in [-0.2, 0) is 25.5 Å². The van der Waals surface area contributed by atoms with E-state index >= 15 is 0 Å². The molecule has 0 aliphatic carbocycles. The number of carbonyl (C=O) groups is 3. The van der Waals surface area contributed by atoms with Gasteiger partial charge in [0.25, 0.3) is 5.91 Å². The van der Waals surface area contributed by atoms with Crippen LogP contribution in [0, 0.1) is 0 Å². The van der Waals surface area contributed by atoms with Crippen LogP contribution in [0.5, 0.6) is 0 Å². The first-order chi connectivity index (χ1) is 16.9. The van der Waals surface area contributed by atoms with Crippen molar-refractivity contribution >= 4 is 35.1 Å². The number of esters is 1. The summed E-state index contributed by atoms with van der Waals surface area (Å²) in [6, 6.07) is 16.9. The molecule has 2 aliphatic heterocycles. The van der Waals surface area contributed by atoms with Crippen molar-refractivity contribution in [2.45, 2.75) is 30.8 Å². The minimum Gasteiger partial charge on any atom is -0.468 e. The van der Waals surface area contributed by atoms with E-state index in [1.54, 1.807) is 11.9 Å². The molecule has 0 bridgehead atoms. The highest BCUT2D eigenvalue weighted by Crippen LogP contribution is 2.39. The van der Waals surface area contributed by atoms with Crippen LogP contribution in [0.25, 0.3) is 0 Å². The molecular weight excluding hydrogens is 468 g/mol. The molecule has 2 aliphatic rings. The number of rotatable bonds is 7. The highest BCUT2D eigenvalue weighted by molar-refractivity contribution is 6.30. The summed E-state index contributed by atoms with van der Waals surface area (Å²) in [6.07, 6.45) is 1.53. The molecule has 2 heterocycles. The Balaban J connectivity index is 1.50. The van der Waals surface area contributed by atoms with Crippen LogP contribution in [0.1, 0.15) is 18.4 Å². The van der Waals surface area contributed by atoms with Crippen molar-refractivity contribution in [3.8, 4) is 0 Å². The zero-order valence-corrected chi connectivity index (χ0v) is 20.8. The van der Waals surface area contributed by atoms with Gasteiger partial charge < -0.3 is 24.8 Å². The van der Waals surface area contributed by atoms with E-state index in [1.165, 1.54) is 7.11 Å². The number of piperidine rings is 1. The number of carbonyl (C=O) groups excluding carboxylic acids is 3. The van der Waals surface area contributed by atoms with Gasteiger partial charge in [0.15, 0.2) is 0 Å². The Labute approximate surface area is 210 Å². The first kappa shape index (κ1) is 25.0. The normalized spacial score (nSPS) is 18.1. The number of hydrogen-bond acceptors (Lipinski definition) is 6. The standard InChI is InChI=1S/C26H31ClN4O4/c1-28-22(16-19-8-10-20(27)11-9-19)24(33)29-14-12-26(13-15-29)25(34)30(17-23(32)35-2)18-31(26)21-6-4-3-5-7-21/h3-11,22,28H,12-18H2,1-2H3/t22-/m1/s1. The lowest BCUT2D eigenvalue weighted by Crippen LogP contribution is -2.59. The van der Waals surface area contributed by atoms with E-state index in [0.29, 0.717) is 44.0 Å². The molecule has 186 valence electrons. The van der Waals surface area contributed by atoms with Crippen LogP contribution in [0.4, 0.5) is 5.69 Å². The van der Waals surface area contributed by atoms with Gasteiger partial charge in [0.1, 0.15) is 12.1 Å². The van der Waals surface area contributed by atoms with Crippen LogP contribution in [0.15, 0.2) is 54.6 Å². The number of para-hydroxylation sites is 1. The summed E-state index contributed by atoms with van der Waals surface area (Å²) in [5, 5.41) is 3.80. The fraction of sp³-hybridized carbons (Fsp3) is 0.423. The van der Waals surface area contributed by atoms with Gasteiger partial charge in [-0.15, -0.1) is 0 Å². The van der Waals surface area contributed by atoms with E-state index in [2.05, 4.69) is 10.2 Å². The van der Waals surface area contributed by atoms with Crippen molar-refractivity contribution in [3.05, 3.63) is 65.2 Å². The lowest BCUT2D eigenvalue weighted by Gasteiger charge is -2.44. The fourth-order valence-electron chi connectivity index (χ4n) is 5.03. The molecule has 2 saturated heterocycles. The minimum absolute atomic E-state index is 0.0143. The third kappa shape index (κ3) is 5.13. The number of likely N-dealkylation sites (N-methyl/N-ethyl adjacent to an activating group) is 1. The van der Waals surface area contributed by atoms with E-state index in [9.17, 15) is 14.4 Å². The van der Waals surface area contributed by atoms with Gasteiger partial charge in [0.05, 0.1) is 19.8 Å². The number of anilines is 1. The van der Waals surface area contributed by atoms with Crippen molar-refractivity contribution in [2.75, 3.05) is 45.4 Å². The predicted octanol–water partition coefficient (Wildman–Crippen LogP) is 2.31. The molecule has 8 nitrogen and oxygen atoms in total. The van der Waals surface area contributed by atoms with Gasteiger partial charge in [0, 0.05) is 23.8 Å². The van der Waals surface area contributed by atoms with Crippen molar-refractivity contribution < 1.29 is 19.1 Å². The summed E-state index contributed by atoms with van der Waals surface area (Å²) in [5.41, 5.74) is 1.15. The Kier molecular flexibility index (Phi) is 7.62. The van der Waals surface area contributed by atoms with Crippen LogP contribution < -0.4 is 10.2 Å². The van der Waals surface area contributed by atoms with E-state index in [1.807, 2.05) is 59.5 Å². The van der Waals surface area contributed by atoms with E-state index in [0.717, 1.165) is 11.3 Å². The van der Waals surface area contributed by atoms with Crippen molar-refractivity contribution in [2.24, 2.45) is 0 Å². The van der Waals surface area contributed by atoms with Gasteiger partial charge in [-0.1, -0.05) is 41.9 Å². The number of hydrogen-bond donors (Lipinski definition) is 1. The molecule has 1 N–H and O–H groups in total. The average Bonchev–Trinajstić information content (AvgIpc) is 3.15. The second kappa shape index (κ2) is 10.7. The summed E-state index contributed by atoms with van der Waals surface area (Å²) in [4.78, 5) is 44.4. The lowest BCUT2D eigenvalue weighted by molar-refractivity contribution is -0.147. The first-order valence-electron chi connectivity index (χ1n) is 11.8. The van der Waals surface area contributed by atoms with Gasteiger partial charge in [-0.25, -0.2) is 0 Å². The molecule has 1 spiro atoms. The summed E-state index contributed by atoms with van der Waals surface area (Å²) in [6.45, 7) is 1.13. The number of amides is 2. The second-order valence-electron chi connectivity index (χ2n) is 9.01. The minimum atomic E-state index is -0.794. The van der Waals surface area contributed by atoms with Crippen LogP contribution in [0.2, 0.25) is 5.02 Å². The Morgan fingerprint density at radius 1 is 1.09 bits per heavy atom. The summed E-state index contributed by atoms with van der Waals surface area (Å²) in [7, 11) is 3.10. The SMILES string of the molecule is CN[C@H](Cc1ccc(Cl)cc1)C(=O)N1CCC2(CC1)C(=O)N(CC(=O)OC)CN2c1ccccc1. The lowest BCUT2D eigenvalue weighted by atomic mass is 9.85. The molecule has 0 unspecified atom stereocenters. The molecule has 2 aromatic rings. The summed E-state index contributed by atoms with van der Waals surface area (Å²) >= 11 is 5.99. The highest BCUT2D eigenvalue weighted by Gasteiger charge is 2.54. The average molecular weight is 499 g/mol. The maximum absolute atomic E-state index is 13.6. The van der Waals surface area contributed by atoms with E-state index in [-0.39, 0.29) is 24.4 Å². The topological polar surface area (TPSA) is 82.2 Å². The number of nitrogens with one attached hydrogen (secondary N) is 1. The molecule has 9 heteroatoms. The largest absolute Gasteiger partial charge is 0.468 e. The van der Waals surface area contributed by atoms with E-state index in [4.69, 9.17) is 16.3 Å². The third-order valence-electron chi connectivity index (χ3n) is 7.03. The third-order valence-corrected chi connectivity index (χ3v) is 7.28. The maximum atomic E-state index is 13.6. The van der Waals surface area contributed by atoms with Gasteiger partial charge >= 0.3 is 5.97 Å². The smallest absolute Gasteiger partial charge is 0.325 e. The number of likely N-dealkylation sites (tertiary alicyclic amines) is 1. The number of methoxy groups -OCH3 is 1. The Bertz CT molecular complexity index is 1050. The molecule has 0 saturated carbocycles. The van der Waals surface area contributed by atoms with Crippen molar-refractivity contribution in [1.29, 1.82) is 0 Å². The van der Waals surface area contributed by atoms with E-state index < -0.39 is 11.5 Å². The monoisotopic (exact) mass is 498 g/mol. The summed E-state index contributed by atoms with van der Waals surface area (Å²) < 4.78 is 4.80.